The Bertz CT molecular complexity index is 658. The van der Waals surface area contributed by atoms with Gasteiger partial charge in [-0.1, -0.05) is 6.92 Å². The third-order valence-corrected chi connectivity index (χ3v) is 5.44. The Morgan fingerprint density at radius 2 is 2.30 bits per heavy atom. The molecule has 0 radical (unpaired) electrons. The Kier molecular flexibility index (Phi) is 4.31. The fourth-order valence-electron chi connectivity index (χ4n) is 4.23. The van der Waals surface area contributed by atoms with Crippen LogP contribution in [0.15, 0.2) is 18.3 Å². The maximum Gasteiger partial charge on any atom is 0.160 e. The molecule has 2 saturated heterocycles. The van der Waals surface area contributed by atoms with Crippen LogP contribution in [0.4, 0.5) is 0 Å². The van der Waals surface area contributed by atoms with Gasteiger partial charge in [0.15, 0.2) is 5.65 Å². The summed E-state index contributed by atoms with van der Waals surface area (Å²) < 4.78 is 2.43. The lowest BCUT2D eigenvalue weighted by Gasteiger charge is -2.32. The van der Waals surface area contributed by atoms with Crippen molar-refractivity contribution in [3.63, 3.8) is 0 Å². The van der Waals surface area contributed by atoms with Gasteiger partial charge in [0.1, 0.15) is 11.3 Å². The summed E-state index contributed by atoms with van der Waals surface area (Å²) in [6.07, 6.45) is 6.81. The number of piperidine rings is 1. The fraction of sp³-hybridized carbons (Fsp3) is 0.667. The second-order valence-corrected chi connectivity index (χ2v) is 7.00. The first-order valence-corrected chi connectivity index (χ1v) is 9.10. The van der Waals surface area contributed by atoms with Crippen LogP contribution in [0.1, 0.15) is 38.1 Å². The zero-order chi connectivity index (χ0) is 15.6. The topological polar surface area (TPSA) is 46.0 Å². The molecule has 0 aromatic carbocycles. The molecule has 2 unspecified atom stereocenters. The van der Waals surface area contributed by atoms with Gasteiger partial charge >= 0.3 is 0 Å². The van der Waals surface area contributed by atoms with Crippen molar-refractivity contribution in [2.45, 2.75) is 38.6 Å². The van der Waals surface area contributed by atoms with Crippen LogP contribution in [0.3, 0.4) is 0 Å². The zero-order valence-electron chi connectivity index (χ0n) is 14.0. The van der Waals surface area contributed by atoms with E-state index in [9.17, 15) is 0 Å². The molecule has 2 fully saturated rings. The standard InChI is InChI=1S/C18H27N5/c1-2-22-10-4-5-14(13-22)11-17-21-16-6-3-8-20-18(16)23(17)15-7-9-19-12-15/h3,6,8,14-15,19H,2,4-5,7,9-13H2,1H3. The molecule has 1 N–H and O–H groups in total. The Balaban J connectivity index is 1.64. The predicted molar refractivity (Wildman–Crippen MR) is 92.6 cm³/mol. The average molecular weight is 313 g/mol. The van der Waals surface area contributed by atoms with E-state index in [-0.39, 0.29) is 0 Å². The highest BCUT2D eigenvalue weighted by atomic mass is 15.2. The number of rotatable bonds is 4. The van der Waals surface area contributed by atoms with Crippen molar-refractivity contribution in [3.8, 4) is 0 Å². The predicted octanol–water partition coefficient (Wildman–Crippen LogP) is 2.24. The summed E-state index contributed by atoms with van der Waals surface area (Å²) in [5, 5.41) is 3.49. The van der Waals surface area contributed by atoms with Gasteiger partial charge in [0, 0.05) is 25.7 Å². The van der Waals surface area contributed by atoms with Crippen LogP contribution in [-0.2, 0) is 6.42 Å². The van der Waals surface area contributed by atoms with Crippen molar-refractivity contribution in [1.29, 1.82) is 0 Å². The highest BCUT2D eigenvalue weighted by Gasteiger charge is 2.26. The Morgan fingerprint density at radius 1 is 1.35 bits per heavy atom. The van der Waals surface area contributed by atoms with Crippen LogP contribution in [-0.4, -0.2) is 52.2 Å². The van der Waals surface area contributed by atoms with Gasteiger partial charge in [-0.15, -0.1) is 0 Å². The van der Waals surface area contributed by atoms with Crippen molar-refractivity contribution in [1.82, 2.24) is 24.8 Å². The minimum absolute atomic E-state index is 0.510. The first kappa shape index (κ1) is 15.1. The molecule has 0 amide bonds. The summed E-state index contributed by atoms with van der Waals surface area (Å²) >= 11 is 0. The highest BCUT2D eigenvalue weighted by Crippen LogP contribution is 2.27. The molecular weight excluding hydrogens is 286 g/mol. The van der Waals surface area contributed by atoms with Crippen LogP contribution in [0.2, 0.25) is 0 Å². The van der Waals surface area contributed by atoms with E-state index in [2.05, 4.69) is 32.8 Å². The van der Waals surface area contributed by atoms with Crippen LogP contribution in [0, 0.1) is 5.92 Å². The van der Waals surface area contributed by atoms with Gasteiger partial charge < -0.3 is 14.8 Å². The quantitative estimate of drug-likeness (QED) is 0.940. The van der Waals surface area contributed by atoms with Crippen molar-refractivity contribution in [2.75, 3.05) is 32.7 Å². The molecule has 5 nitrogen and oxygen atoms in total. The first-order chi connectivity index (χ1) is 11.3. The SMILES string of the molecule is CCN1CCCC(Cc2nc3cccnc3n2C2CCNC2)C1. The summed E-state index contributed by atoms with van der Waals surface area (Å²) in [6.45, 7) is 8.06. The number of hydrogen-bond donors (Lipinski definition) is 1. The number of hydrogen-bond acceptors (Lipinski definition) is 4. The van der Waals surface area contributed by atoms with Crippen LogP contribution >= 0.6 is 0 Å². The molecule has 2 aromatic heterocycles. The average Bonchev–Trinajstić information content (AvgIpc) is 3.21. The van der Waals surface area contributed by atoms with E-state index in [1.54, 1.807) is 0 Å². The molecule has 2 aliphatic rings. The van der Waals surface area contributed by atoms with Gasteiger partial charge in [-0.25, -0.2) is 9.97 Å². The monoisotopic (exact) mass is 313 g/mol. The number of nitrogens with zero attached hydrogens (tertiary/aromatic N) is 4. The number of likely N-dealkylation sites (tertiary alicyclic amines) is 1. The van der Waals surface area contributed by atoms with Gasteiger partial charge in [0.05, 0.1) is 6.04 Å². The van der Waals surface area contributed by atoms with E-state index in [1.807, 2.05) is 12.3 Å². The van der Waals surface area contributed by atoms with Crippen LogP contribution in [0.25, 0.3) is 11.2 Å². The van der Waals surface area contributed by atoms with Gasteiger partial charge in [0.25, 0.3) is 0 Å². The number of aromatic nitrogens is 3. The van der Waals surface area contributed by atoms with Crippen molar-refractivity contribution in [3.05, 3.63) is 24.2 Å². The molecule has 0 saturated carbocycles. The largest absolute Gasteiger partial charge is 0.315 e. The molecule has 2 atom stereocenters. The van der Waals surface area contributed by atoms with Gasteiger partial charge in [-0.2, -0.15) is 0 Å². The lowest BCUT2D eigenvalue weighted by atomic mass is 9.94. The minimum Gasteiger partial charge on any atom is -0.315 e. The summed E-state index contributed by atoms with van der Waals surface area (Å²) in [6, 6.07) is 4.61. The van der Waals surface area contributed by atoms with E-state index < -0.39 is 0 Å². The molecule has 2 aromatic rings. The molecule has 5 heteroatoms. The molecule has 0 bridgehead atoms. The Labute approximate surface area is 138 Å². The molecular formula is C18H27N5. The molecule has 23 heavy (non-hydrogen) atoms. The number of imidazole rings is 1. The van der Waals surface area contributed by atoms with Crippen molar-refractivity contribution < 1.29 is 0 Å². The molecule has 0 spiro atoms. The molecule has 4 rings (SSSR count). The van der Waals surface area contributed by atoms with E-state index >= 15 is 0 Å². The number of pyridine rings is 1. The van der Waals surface area contributed by atoms with Crippen LogP contribution < -0.4 is 5.32 Å². The van der Waals surface area contributed by atoms with Gasteiger partial charge in [-0.3, -0.25) is 0 Å². The summed E-state index contributed by atoms with van der Waals surface area (Å²) in [4.78, 5) is 12.2. The van der Waals surface area contributed by atoms with E-state index in [4.69, 9.17) is 4.98 Å². The summed E-state index contributed by atoms with van der Waals surface area (Å²) in [5.74, 6) is 1.98. The van der Waals surface area contributed by atoms with Crippen LogP contribution in [0.5, 0.6) is 0 Å². The third kappa shape index (κ3) is 3.00. The van der Waals surface area contributed by atoms with E-state index in [0.29, 0.717) is 6.04 Å². The Morgan fingerprint density at radius 3 is 3.13 bits per heavy atom. The van der Waals surface area contributed by atoms with Gasteiger partial charge in [0.2, 0.25) is 0 Å². The lowest BCUT2D eigenvalue weighted by Crippen LogP contribution is -2.36. The number of fused-ring (bicyclic) bond motifs is 1. The Hall–Kier alpha value is -1.46. The van der Waals surface area contributed by atoms with Crippen molar-refractivity contribution in [2.24, 2.45) is 5.92 Å². The summed E-state index contributed by atoms with van der Waals surface area (Å²) in [7, 11) is 0. The number of nitrogens with one attached hydrogen (secondary N) is 1. The molecule has 2 aliphatic heterocycles. The normalized spacial score (nSPS) is 26.1. The molecule has 124 valence electrons. The highest BCUT2D eigenvalue weighted by molar-refractivity contribution is 5.71. The van der Waals surface area contributed by atoms with E-state index in [1.165, 1.54) is 44.7 Å². The lowest BCUT2D eigenvalue weighted by molar-refractivity contribution is 0.180. The molecule has 0 aliphatic carbocycles. The maximum atomic E-state index is 4.96. The van der Waals surface area contributed by atoms with Gasteiger partial charge in [-0.05, 0) is 56.9 Å². The molecule has 4 heterocycles. The second kappa shape index (κ2) is 6.57. The van der Waals surface area contributed by atoms with Crippen molar-refractivity contribution >= 4 is 11.2 Å². The smallest absolute Gasteiger partial charge is 0.160 e. The zero-order valence-corrected chi connectivity index (χ0v) is 14.0. The fourth-order valence-corrected chi connectivity index (χ4v) is 4.23. The minimum atomic E-state index is 0.510. The second-order valence-electron chi connectivity index (χ2n) is 7.00. The maximum absolute atomic E-state index is 4.96. The summed E-state index contributed by atoms with van der Waals surface area (Å²) in [5.41, 5.74) is 2.12. The third-order valence-electron chi connectivity index (χ3n) is 5.44. The van der Waals surface area contributed by atoms with E-state index in [0.717, 1.165) is 36.6 Å². The first-order valence-electron chi connectivity index (χ1n) is 9.10.